The number of likely N-dealkylation sites (N-methyl/N-ethyl adjacent to an activating group) is 1. The maximum Gasteiger partial charge on any atom is 0.251 e. The van der Waals surface area contributed by atoms with Crippen LogP contribution in [0.5, 0.6) is 0 Å². The number of para-hydroxylation sites is 1. The molecule has 0 fully saturated rings. The summed E-state index contributed by atoms with van der Waals surface area (Å²) in [5, 5.41) is 4.31. The molecule has 1 atom stereocenters. The van der Waals surface area contributed by atoms with Gasteiger partial charge in [0.15, 0.2) is 0 Å². The minimum Gasteiger partial charge on any atom is -0.340 e. The van der Waals surface area contributed by atoms with Gasteiger partial charge < -0.3 is 10.2 Å². The largest absolute Gasteiger partial charge is 0.340 e. The molecule has 0 saturated heterocycles. The van der Waals surface area contributed by atoms with E-state index in [2.05, 4.69) is 10.3 Å². The summed E-state index contributed by atoms with van der Waals surface area (Å²) >= 11 is 7.50. The van der Waals surface area contributed by atoms with E-state index >= 15 is 0 Å². The van der Waals surface area contributed by atoms with Crippen LogP contribution in [0.1, 0.15) is 20.9 Å². The van der Waals surface area contributed by atoms with E-state index in [-0.39, 0.29) is 11.8 Å². The second kappa shape index (κ2) is 9.94. The Morgan fingerprint density at radius 2 is 1.69 bits per heavy atom. The van der Waals surface area contributed by atoms with Gasteiger partial charge in [-0.15, -0.1) is 11.3 Å². The topological polar surface area (TPSA) is 62.3 Å². The molecule has 0 aliphatic heterocycles. The monoisotopic (exact) mass is 463 g/mol. The maximum atomic E-state index is 13.4. The van der Waals surface area contributed by atoms with E-state index in [1.54, 1.807) is 47.5 Å². The second-order valence-electron chi connectivity index (χ2n) is 7.49. The summed E-state index contributed by atoms with van der Waals surface area (Å²) in [5.41, 5.74) is 2.34. The van der Waals surface area contributed by atoms with Gasteiger partial charge >= 0.3 is 0 Å². The number of carbonyl (C=O) groups is 2. The van der Waals surface area contributed by atoms with Gasteiger partial charge in [-0.05, 0) is 42.0 Å². The number of rotatable bonds is 7. The molecule has 7 heteroatoms. The van der Waals surface area contributed by atoms with E-state index in [0.29, 0.717) is 23.6 Å². The third-order valence-electron chi connectivity index (χ3n) is 5.08. The van der Waals surface area contributed by atoms with Gasteiger partial charge in [-0.2, -0.15) is 0 Å². The zero-order valence-electron chi connectivity index (χ0n) is 17.5. The number of hydrogen-bond acceptors (Lipinski definition) is 4. The number of hydrogen-bond donors (Lipinski definition) is 1. The number of thiazole rings is 1. The molecular formula is C25H22ClN3O2S. The molecule has 162 valence electrons. The Morgan fingerprint density at radius 3 is 2.41 bits per heavy atom. The van der Waals surface area contributed by atoms with Gasteiger partial charge in [0.2, 0.25) is 5.91 Å². The molecule has 0 bridgehead atoms. The standard InChI is InChI=1S/C25H22ClN3O2S/c1-29(16-23-27-20-9-5-6-10-22(20)32-23)25(31)21(15-17-7-3-2-4-8-17)28-24(30)18-11-13-19(26)14-12-18/h2-14,21H,15-16H2,1H3,(H,28,30)/t21-/m0/s1. The Kier molecular flexibility index (Phi) is 6.83. The molecule has 4 aromatic rings. The lowest BCUT2D eigenvalue weighted by Crippen LogP contribution is -2.48. The first-order valence-corrected chi connectivity index (χ1v) is 11.4. The minimum absolute atomic E-state index is 0.171. The molecule has 1 N–H and O–H groups in total. The Morgan fingerprint density at radius 1 is 1.00 bits per heavy atom. The van der Waals surface area contributed by atoms with E-state index in [1.165, 1.54) is 0 Å². The fourth-order valence-electron chi connectivity index (χ4n) is 3.43. The first-order valence-electron chi connectivity index (χ1n) is 10.2. The third kappa shape index (κ3) is 5.33. The van der Waals surface area contributed by atoms with Crippen LogP contribution in [0.3, 0.4) is 0 Å². The molecule has 32 heavy (non-hydrogen) atoms. The highest BCUT2D eigenvalue weighted by Gasteiger charge is 2.25. The van der Waals surface area contributed by atoms with Gasteiger partial charge in [-0.1, -0.05) is 54.1 Å². The fraction of sp³-hybridized carbons (Fsp3) is 0.160. The fourth-order valence-corrected chi connectivity index (χ4v) is 4.57. The van der Waals surface area contributed by atoms with Gasteiger partial charge in [0.05, 0.1) is 16.8 Å². The van der Waals surface area contributed by atoms with Crippen LogP contribution in [0, 0.1) is 0 Å². The lowest BCUT2D eigenvalue weighted by Gasteiger charge is -2.24. The zero-order valence-corrected chi connectivity index (χ0v) is 19.1. The second-order valence-corrected chi connectivity index (χ2v) is 9.04. The molecule has 0 saturated carbocycles. The highest BCUT2D eigenvalue weighted by atomic mass is 35.5. The Bertz CT molecular complexity index is 1190. The van der Waals surface area contributed by atoms with Gasteiger partial charge in [-0.25, -0.2) is 4.98 Å². The summed E-state index contributed by atoms with van der Waals surface area (Å²) in [5.74, 6) is -0.486. The number of aromatic nitrogens is 1. The van der Waals surface area contributed by atoms with Crippen LogP contribution >= 0.6 is 22.9 Å². The van der Waals surface area contributed by atoms with Crippen LogP contribution in [0.15, 0.2) is 78.9 Å². The number of nitrogens with one attached hydrogen (secondary N) is 1. The Balaban J connectivity index is 1.52. The van der Waals surface area contributed by atoms with Crippen LogP contribution in [0.25, 0.3) is 10.2 Å². The van der Waals surface area contributed by atoms with Crippen LogP contribution in [0.4, 0.5) is 0 Å². The average Bonchev–Trinajstić information content (AvgIpc) is 3.21. The summed E-state index contributed by atoms with van der Waals surface area (Å²) in [4.78, 5) is 32.4. The highest BCUT2D eigenvalue weighted by molar-refractivity contribution is 7.18. The van der Waals surface area contributed by atoms with Crippen LogP contribution in [-0.4, -0.2) is 34.8 Å². The third-order valence-corrected chi connectivity index (χ3v) is 6.35. The maximum absolute atomic E-state index is 13.4. The van der Waals surface area contributed by atoms with Gasteiger partial charge in [0.25, 0.3) is 5.91 Å². The smallest absolute Gasteiger partial charge is 0.251 e. The lowest BCUT2D eigenvalue weighted by molar-refractivity contribution is -0.132. The molecular weight excluding hydrogens is 442 g/mol. The number of amides is 2. The van der Waals surface area contributed by atoms with Gasteiger partial charge in [0.1, 0.15) is 11.0 Å². The predicted molar refractivity (Wildman–Crippen MR) is 129 cm³/mol. The van der Waals surface area contributed by atoms with Crippen molar-refractivity contribution >= 4 is 45.0 Å². The quantitative estimate of drug-likeness (QED) is 0.422. The van der Waals surface area contributed by atoms with Crippen LogP contribution in [0.2, 0.25) is 5.02 Å². The number of fused-ring (bicyclic) bond motifs is 1. The van der Waals surface area contributed by atoms with Crippen molar-refractivity contribution in [2.45, 2.75) is 19.0 Å². The van der Waals surface area contributed by atoms with Crippen molar-refractivity contribution in [3.63, 3.8) is 0 Å². The number of nitrogens with zero attached hydrogens (tertiary/aromatic N) is 2. The highest BCUT2D eigenvalue weighted by Crippen LogP contribution is 2.22. The number of carbonyl (C=O) groups excluding carboxylic acids is 2. The molecule has 1 heterocycles. The molecule has 2 amide bonds. The van der Waals surface area contributed by atoms with Crippen molar-refractivity contribution in [1.82, 2.24) is 15.2 Å². The lowest BCUT2D eigenvalue weighted by atomic mass is 10.0. The summed E-state index contributed by atoms with van der Waals surface area (Å²) in [6.45, 7) is 0.375. The zero-order chi connectivity index (χ0) is 22.5. The normalized spacial score (nSPS) is 11.8. The summed E-state index contributed by atoms with van der Waals surface area (Å²) < 4.78 is 1.08. The summed E-state index contributed by atoms with van der Waals surface area (Å²) in [6.07, 6.45) is 0.392. The number of halogens is 1. The first-order chi connectivity index (χ1) is 15.5. The molecule has 0 aliphatic rings. The Hall–Kier alpha value is -3.22. The SMILES string of the molecule is CN(Cc1nc2ccccc2s1)C(=O)[C@H](Cc1ccccc1)NC(=O)c1ccc(Cl)cc1. The van der Waals surface area contributed by atoms with Crippen molar-refractivity contribution in [3.8, 4) is 0 Å². The predicted octanol–water partition coefficient (Wildman–Crippen LogP) is 4.95. The van der Waals surface area contributed by atoms with Gasteiger partial charge in [-0.3, -0.25) is 9.59 Å². The molecule has 1 aromatic heterocycles. The molecule has 3 aromatic carbocycles. The average molecular weight is 464 g/mol. The van der Waals surface area contributed by atoms with Crippen LogP contribution in [-0.2, 0) is 17.8 Å². The molecule has 0 radical (unpaired) electrons. The van der Waals surface area contributed by atoms with E-state index in [1.807, 2.05) is 54.6 Å². The summed E-state index contributed by atoms with van der Waals surface area (Å²) in [6, 6.07) is 23.4. The van der Waals surface area contributed by atoms with E-state index in [0.717, 1.165) is 20.8 Å². The van der Waals surface area contributed by atoms with E-state index < -0.39 is 6.04 Å². The molecule has 0 spiro atoms. The minimum atomic E-state index is -0.708. The Labute approximate surface area is 195 Å². The van der Waals surface area contributed by atoms with Gasteiger partial charge in [0, 0.05) is 24.1 Å². The molecule has 0 aliphatic carbocycles. The molecule has 4 rings (SSSR count). The van der Waals surface area contributed by atoms with Crippen molar-refractivity contribution in [1.29, 1.82) is 0 Å². The van der Waals surface area contributed by atoms with E-state index in [4.69, 9.17) is 11.6 Å². The van der Waals surface area contributed by atoms with Crippen molar-refractivity contribution in [2.24, 2.45) is 0 Å². The molecule has 5 nitrogen and oxygen atoms in total. The number of benzene rings is 3. The summed E-state index contributed by atoms with van der Waals surface area (Å²) in [7, 11) is 1.74. The molecule has 0 unspecified atom stereocenters. The van der Waals surface area contributed by atoms with Crippen LogP contribution < -0.4 is 5.32 Å². The van der Waals surface area contributed by atoms with E-state index in [9.17, 15) is 9.59 Å². The first kappa shape index (κ1) is 22.0. The van der Waals surface area contributed by atoms with Crippen molar-refractivity contribution < 1.29 is 9.59 Å². The van der Waals surface area contributed by atoms with Crippen molar-refractivity contribution in [3.05, 3.63) is 100 Å². The van der Waals surface area contributed by atoms with Crippen molar-refractivity contribution in [2.75, 3.05) is 7.05 Å².